The van der Waals surface area contributed by atoms with Crippen LogP contribution in [0.1, 0.15) is 31.2 Å². The predicted molar refractivity (Wildman–Crippen MR) is 188 cm³/mol. The van der Waals surface area contributed by atoms with Crippen LogP contribution >= 0.6 is 34.0 Å². The van der Waals surface area contributed by atoms with Crippen LogP contribution in [0.5, 0.6) is 5.75 Å². The summed E-state index contributed by atoms with van der Waals surface area (Å²) in [5.74, 6) is 0.212. The lowest BCUT2D eigenvalue weighted by Gasteiger charge is -2.19. The highest BCUT2D eigenvalue weighted by atomic mass is 32.2. The third-order valence-electron chi connectivity index (χ3n) is 7.65. The molecule has 0 saturated heterocycles. The molecular formula is C33H31N2O7S5-. The Labute approximate surface area is 286 Å². The second-order valence-corrected chi connectivity index (χ2v) is 17.0. The Hall–Kier alpha value is -3.37. The molecule has 2 aromatic carbocycles. The highest BCUT2D eigenvalue weighted by Gasteiger charge is 2.28. The first kappa shape index (κ1) is 33.5. The van der Waals surface area contributed by atoms with Gasteiger partial charge in [0.05, 0.1) is 25.9 Å². The van der Waals surface area contributed by atoms with Gasteiger partial charge in [0.25, 0.3) is 5.01 Å². The molecule has 246 valence electrons. The lowest BCUT2D eigenvalue weighted by atomic mass is 10.1. The molecule has 6 rings (SSSR count). The number of aromatic nitrogens is 1. The van der Waals surface area contributed by atoms with Crippen molar-refractivity contribution in [3.05, 3.63) is 94.0 Å². The van der Waals surface area contributed by atoms with Gasteiger partial charge in [0, 0.05) is 52.4 Å². The maximum absolute atomic E-state index is 11.4. The summed E-state index contributed by atoms with van der Waals surface area (Å²) in [6.07, 6.45) is 4.90. The van der Waals surface area contributed by atoms with Gasteiger partial charge in [0.1, 0.15) is 4.70 Å². The van der Waals surface area contributed by atoms with E-state index in [0.717, 1.165) is 47.4 Å². The first-order chi connectivity index (χ1) is 22.5. The van der Waals surface area contributed by atoms with E-state index in [1.54, 1.807) is 34.0 Å². The molecule has 0 amide bonds. The molecule has 1 aliphatic rings. The summed E-state index contributed by atoms with van der Waals surface area (Å²) < 4.78 is 77.9. The molecular weight excluding hydrogens is 697 g/mol. The maximum atomic E-state index is 11.4. The monoisotopic (exact) mass is 727 g/mol. The van der Waals surface area contributed by atoms with Crippen molar-refractivity contribution in [3.8, 4) is 26.6 Å². The maximum Gasteiger partial charge on any atom is 0.263 e. The number of hydrogen-bond donors (Lipinski definition) is 0. The van der Waals surface area contributed by atoms with Crippen molar-refractivity contribution < 1.29 is 35.2 Å². The van der Waals surface area contributed by atoms with Crippen LogP contribution in [0.3, 0.4) is 0 Å². The molecule has 0 bridgehead atoms. The number of ether oxygens (including phenoxy) is 1. The number of aryl methyl sites for hydroxylation is 1. The summed E-state index contributed by atoms with van der Waals surface area (Å²) in [5.41, 5.74) is 4.72. The second kappa shape index (κ2) is 14.0. The standard InChI is InChI=1S/C33H32N2O7S5/c1-2-23(19-32-34(13-5-17-46(36,37)38)26-21-24(9-11-28(26)42-32)29-7-3-15-43-29)20-33-35(14-6-18-47(39,40)41)27-22-25(10-12-31(27)45-33)30-8-4-16-44-30/h3-4,7-12,15-16,19-22H,2,5-6,13-14,17-18H2,1H3,(H-,36,37,38,39,40,41)/p-1. The zero-order chi connectivity index (χ0) is 33.2. The van der Waals surface area contributed by atoms with E-state index in [1.165, 1.54) is 0 Å². The molecule has 0 spiro atoms. The second-order valence-electron chi connectivity index (χ2n) is 11.0. The number of benzene rings is 2. The minimum absolute atomic E-state index is 0.131. The first-order valence-corrected chi connectivity index (χ1v) is 20.6. The highest BCUT2D eigenvalue weighted by Crippen LogP contribution is 2.43. The minimum atomic E-state index is -4.38. The van der Waals surface area contributed by atoms with Gasteiger partial charge in [-0.15, -0.1) is 22.7 Å². The fourth-order valence-corrected chi connectivity index (χ4v) is 8.99. The molecule has 14 heteroatoms. The van der Waals surface area contributed by atoms with Crippen LogP contribution in [-0.4, -0.2) is 44.0 Å². The van der Waals surface area contributed by atoms with Gasteiger partial charge in [-0.05, 0) is 76.7 Å². The van der Waals surface area contributed by atoms with E-state index in [1.807, 2.05) is 71.1 Å². The Morgan fingerprint density at radius 1 is 0.894 bits per heavy atom. The Morgan fingerprint density at radius 3 is 2.19 bits per heavy atom. The zero-order valence-corrected chi connectivity index (χ0v) is 29.4. The van der Waals surface area contributed by atoms with Gasteiger partial charge in [-0.1, -0.05) is 36.5 Å². The molecule has 0 radical (unpaired) electrons. The van der Waals surface area contributed by atoms with Gasteiger partial charge in [-0.3, -0.25) is 0 Å². The van der Waals surface area contributed by atoms with Crippen LogP contribution in [-0.2, 0) is 26.8 Å². The number of hydrogen-bond acceptors (Lipinski definition) is 11. The van der Waals surface area contributed by atoms with Crippen molar-refractivity contribution in [2.75, 3.05) is 23.0 Å². The number of allylic oxidation sites excluding steroid dienone is 2. The van der Waals surface area contributed by atoms with Crippen LogP contribution in [0, 0.1) is 0 Å². The number of thiophene rings is 2. The van der Waals surface area contributed by atoms with Crippen LogP contribution in [0.15, 0.2) is 89.0 Å². The molecule has 0 saturated carbocycles. The van der Waals surface area contributed by atoms with Gasteiger partial charge in [0.15, 0.2) is 12.3 Å². The normalized spacial score (nSPS) is 14.7. The third kappa shape index (κ3) is 8.20. The van der Waals surface area contributed by atoms with Crippen LogP contribution in [0.2, 0.25) is 0 Å². The number of fused-ring (bicyclic) bond motifs is 2. The third-order valence-corrected chi connectivity index (χ3v) is 12.2. The van der Waals surface area contributed by atoms with E-state index in [-0.39, 0.29) is 19.4 Å². The smallest absolute Gasteiger partial charge is 0.263 e. The molecule has 0 unspecified atom stereocenters. The SMILES string of the molecule is CCC(=Cc1sc2ccc(-c3cccs3)cc2[n+]1CCCS(=O)(=O)[O-])C=C1Oc2ccc(-c3cccs3)cc2N1CCCS(=O)(=O)[O-]. The molecule has 4 heterocycles. The molecule has 1 aliphatic heterocycles. The van der Waals surface area contributed by atoms with Crippen molar-refractivity contribution in [3.63, 3.8) is 0 Å². The summed E-state index contributed by atoms with van der Waals surface area (Å²) in [6, 6.07) is 20.2. The van der Waals surface area contributed by atoms with Crippen LogP contribution in [0.4, 0.5) is 5.69 Å². The molecule has 0 aliphatic carbocycles. The molecule has 0 fully saturated rings. The molecule has 0 N–H and O–H groups in total. The van der Waals surface area contributed by atoms with Gasteiger partial charge < -0.3 is 18.7 Å². The largest absolute Gasteiger partial charge is 0.748 e. The summed E-state index contributed by atoms with van der Waals surface area (Å²) >= 11 is 4.83. The average Bonchev–Trinajstić information content (AvgIpc) is 3.83. The topological polar surface area (TPSA) is 131 Å². The minimum Gasteiger partial charge on any atom is -0.748 e. The van der Waals surface area contributed by atoms with Crippen LogP contribution in [0.25, 0.3) is 37.2 Å². The lowest BCUT2D eigenvalue weighted by molar-refractivity contribution is -0.668. The van der Waals surface area contributed by atoms with Crippen LogP contribution < -0.4 is 14.2 Å². The van der Waals surface area contributed by atoms with Crippen molar-refractivity contribution in [2.45, 2.75) is 32.7 Å². The van der Waals surface area contributed by atoms with E-state index >= 15 is 0 Å². The fourth-order valence-electron chi connectivity index (χ4n) is 5.43. The van der Waals surface area contributed by atoms with E-state index < -0.39 is 31.7 Å². The summed E-state index contributed by atoms with van der Waals surface area (Å²) in [6.45, 7) is 2.63. The van der Waals surface area contributed by atoms with E-state index in [4.69, 9.17) is 4.74 Å². The Kier molecular flexibility index (Phi) is 9.99. The number of nitrogens with zero attached hydrogens (tertiary/aromatic N) is 2. The summed E-state index contributed by atoms with van der Waals surface area (Å²) in [4.78, 5) is 4.11. The highest BCUT2D eigenvalue weighted by molar-refractivity contribution is 7.85. The van der Waals surface area contributed by atoms with E-state index in [0.29, 0.717) is 24.6 Å². The average molecular weight is 728 g/mol. The van der Waals surface area contributed by atoms with Gasteiger partial charge >= 0.3 is 0 Å². The molecule has 9 nitrogen and oxygen atoms in total. The van der Waals surface area contributed by atoms with Gasteiger partial charge in [-0.2, -0.15) is 4.57 Å². The Balaban J connectivity index is 1.38. The van der Waals surface area contributed by atoms with Crippen molar-refractivity contribution in [1.29, 1.82) is 0 Å². The number of anilines is 1. The quantitative estimate of drug-likeness (QED) is 0.0932. The van der Waals surface area contributed by atoms with Gasteiger partial charge in [0.2, 0.25) is 11.4 Å². The van der Waals surface area contributed by atoms with Crippen molar-refractivity contribution in [2.24, 2.45) is 0 Å². The molecule has 5 aromatic rings. The van der Waals surface area contributed by atoms with E-state index in [2.05, 4.69) is 28.8 Å². The predicted octanol–water partition coefficient (Wildman–Crippen LogP) is 7.05. The van der Waals surface area contributed by atoms with Gasteiger partial charge in [-0.25, -0.2) is 16.8 Å². The van der Waals surface area contributed by atoms with Crippen molar-refractivity contribution >= 4 is 76.2 Å². The summed E-state index contributed by atoms with van der Waals surface area (Å²) in [7, 11) is -8.74. The fraction of sp³-hybridized carbons (Fsp3) is 0.242. The first-order valence-electron chi connectivity index (χ1n) is 14.9. The van der Waals surface area contributed by atoms with E-state index in [9.17, 15) is 25.9 Å². The number of thiazole rings is 1. The zero-order valence-electron chi connectivity index (χ0n) is 25.3. The molecule has 3 aromatic heterocycles. The molecule has 0 atom stereocenters. The lowest BCUT2D eigenvalue weighted by Crippen LogP contribution is -2.36. The Morgan fingerprint density at radius 2 is 1.55 bits per heavy atom. The number of rotatable bonds is 13. The van der Waals surface area contributed by atoms with Crippen molar-refractivity contribution in [1.82, 2.24) is 0 Å². The Bertz CT molecular complexity index is 2170. The molecule has 47 heavy (non-hydrogen) atoms. The summed E-state index contributed by atoms with van der Waals surface area (Å²) in [5, 5.41) is 4.91.